The SMILES string of the molecule is CC1(C)CCCN1C(=O)c1ccc(C#CCN)s1. The molecule has 0 radical (unpaired) electrons. The number of likely N-dealkylation sites (tertiary alicyclic amines) is 1. The average molecular weight is 262 g/mol. The summed E-state index contributed by atoms with van der Waals surface area (Å²) in [6.45, 7) is 5.45. The van der Waals surface area contributed by atoms with Crippen molar-refractivity contribution in [3.8, 4) is 11.8 Å². The van der Waals surface area contributed by atoms with Crippen molar-refractivity contribution in [3.05, 3.63) is 21.9 Å². The second-order valence-electron chi connectivity index (χ2n) is 5.04. The van der Waals surface area contributed by atoms with Crippen molar-refractivity contribution in [1.29, 1.82) is 0 Å². The number of nitrogens with zero attached hydrogens (tertiary/aromatic N) is 1. The summed E-state index contributed by atoms with van der Waals surface area (Å²) in [6, 6.07) is 3.76. The minimum Gasteiger partial charge on any atom is -0.333 e. The molecule has 0 atom stereocenters. The van der Waals surface area contributed by atoms with Crippen molar-refractivity contribution < 1.29 is 4.79 Å². The molecule has 96 valence electrons. The summed E-state index contributed by atoms with van der Waals surface area (Å²) in [4.78, 5) is 16.1. The number of hydrogen-bond acceptors (Lipinski definition) is 3. The number of carbonyl (C=O) groups excluding carboxylic acids is 1. The van der Waals surface area contributed by atoms with Gasteiger partial charge >= 0.3 is 0 Å². The predicted molar refractivity (Wildman–Crippen MR) is 74.6 cm³/mol. The second-order valence-corrected chi connectivity index (χ2v) is 6.13. The fourth-order valence-corrected chi connectivity index (χ4v) is 3.10. The van der Waals surface area contributed by atoms with Crippen LogP contribution < -0.4 is 5.73 Å². The molecule has 1 aromatic heterocycles. The molecule has 1 aliphatic heterocycles. The summed E-state index contributed by atoms with van der Waals surface area (Å²) in [6.07, 6.45) is 2.16. The molecular weight excluding hydrogens is 244 g/mol. The molecule has 0 aliphatic carbocycles. The molecule has 18 heavy (non-hydrogen) atoms. The summed E-state index contributed by atoms with van der Waals surface area (Å²) in [5.41, 5.74) is 5.31. The van der Waals surface area contributed by atoms with Crippen LogP contribution in [-0.2, 0) is 0 Å². The van der Waals surface area contributed by atoms with Gasteiger partial charge < -0.3 is 10.6 Å². The summed E-state index contributed by atoms with van der Waals surface area (Å²) in [5, 5.41) is 0. The molecule has 4 heteroatoms. The molecule has 1 fully saturated rings. The Morgan fingerprint density at radius 2 is 2.33 bits per heavy atom. The minimum atomic E-state index is -0.0236. The van der Waals surface area contributed by atoms with Crippen LogP contribution in [0.4, 0.5) is 0 Å². The summed E-state index contributed by atoms with van der Waals surface area (Å²) in [7, 11) is 0. The predicted octanol–water partition coefficient (Wildman–Crippen LogP) is 2.07. The van der Waals surface area contributed by atoms with Gasteiger partial charge in [0.15, 0.2) is 0 Å². The fourth-order valence-electron chi connectivity index (χ4n) is 2.28. The van der Waals surface area contributed by atoms with E-state index < -0.39 is 0 Å². The maximum atomic E-state index is 12.4. The first-order valence-corrected chi connectivity index (χ1v) is 6.97. The van der Waals surface area contributed by atoms with Crippen LogP contribution in [0.3, 0.4) is 0 Å². The van der Waals surface area contributed by atoms with E-state index in [1.807, 2.05) is 17.0 Å². The van der Waals surface area contributed by atoms with Crippen LogP contribution >= 0.6 is 11.3 Å². The Bertz CT molecular complexity index is 507. The van der Waals surface area contributed by atoms with Crippen LogP contribution in [0.2, 0.25) is 0 Å². The molecule has 0 spiro atoms. The molecule has 0 unspecified atom stereocenters. The highest BCUT2D eigenvalue weighted by Crippen LogP contribution is 2.31. The maximum Gasteiger partial charge on any atom is 0.264 e. The van der Waals surface area contributed by atoms with Gasteiger partial charge in [0.2, 0.25) is 0 Å². The zero-order valence-electron chi connectivity index (χ0n) is 10.8. The second kappa shape index (κ2) is 5.13. The van der Waals surface area contributed by atoms with Gasteiger partial charge in [0.05, 0.1) is 16.3 Å². The Labute approximate surface area is 112 Å². The number of thiophene rings is 1. The highest BCUT2D eigenvalue weighted by molar-refractivity contribution is 7.14. The number of carbonyl (C=O) groups is 1. The molecule has 1 amide bonds. The molecule has 1 aromatic rings. The molecular formula is C14H18N2OS. The lowest BCUT2D eigenvalue weighted by atomic mass is 10.0. The normalized spacial score (nSPS) is 17.4. The lowest BCUT2D eigenvalue weighted by Crippen LogP contribution is -2.42. The minimum absolute atomic E-state index is 0.0236. The summed E-state index contributed by atoms with van der Waals surface area (Å²) in [5.74, 6) is 5.90. The van der Waals surface area contributed by atoms with E-state index in [4.69, 9.17) is 5.73 Å². The Morgan fingerprint density at radius 1 is 1.56 bits per heavy atom. The van der Waals surface area contributed by atoms with Crippen LogP contribution in [0.1, 0.15) is 41.2 Å². The molecule has 0 saturated carbocycles. The van der Waals surface area contributed by atoms with Crippen molar-refractivity contribution in [2.75, 3.05) is 13.1 Å². The van der Waals surface area contributed by atoms with Crippen LogP contribution in [0.15, 0.2) is 12.1 Å². The Kier molecular flexibility index (Phi) is 3.74. The standard InChI is InChI=1S/C14H18N2OS/c1-14(2)8-4-10-16(14)13(17)12-7-6-11(18-12)5-3-9-15/h6-7H,4,8-10,15H2,1-2H3. The van der Waals surface area contributed by atoms with Crippen molar-refractivity contribution in [3.63, 3.8) is 0 Å². The third-order valence-corrected chi connectivity index (χ3v) is 4.27. The average Bonchev–Trinajstić information content (AvgIpc) is 2.92. The first kappa shape index (κ1) is 13.1. The Morgan fingerprint density at radius 3 is 2.94 bits per heavy atom. The molecule has 2 rings (SSSR count). The molecule has 2 heterocycles. The highest BCUT2D eigenvalue weighted by atomic mass is 32.1. The van der Waals surface area contributed by atoms with Crippen LogP contribution in [0, 0.1) is 11.8 Å². The molecule has 3 nitrogen and oxygen atoms in total. The van der Waals surface area contributed by atoms with Gasteiger partial charge in [0.25, 0.3) is 5.91 Å². The quantitative estimate of drug-likeness (QED) is 0.788. The molecule has 0 aromatic carbocycles. The largest absolute Gasteiger partial charge is 0.333 e. The lowest BCUT2D eigenvalue weighted by Gasteiger charge is -2.31. The van der Waals surface area contributed by atoms with E-state index in [1.54, 1.807) is 0 Å². The first-order chi connectivity index (χ1) is 8.54. The molecule has 1 saturated heterocycles. The van der Waals surface area contributed by atoms with E-state index >= 15 is 0 Å². The van der Waals surface area contributed by atoms with Gasteiger partial charge in [-0.1, -0.05) is 11.8 Å². The van der Waals surface area contributed by atoms with E-state index in [0.717, 1.165) is 29.1 Å². The Hall–Kier alpha value is -1.31. The third-order valence-electron chi connectivity index (χ3n) is 3.28. The van der Waals surface area contributed by atoms with Crippen molar-refractivity contribution in [2.45, 2.75) is 32.2 Å². The molecule has 0 bridgehead atoms. The smallest absolute Gasteiger partial charge is 0.264 e. The number of rotatable bonds is 1. The van der Waals surface area contributed by atoms with Crippen molar-refractivity contribution in [2.24, 2.45) is 5.73 Å². The van der Waals surface area contributed by atoms with Gasteiger partial charge in [0.1, 0.15) is 0 Å². The third kappa shape index (κ3) is 2.58. The van der Waals surface area contributed by atoms with Crippen LogP contribution in [0.25, 0.3) is 0 Å². The maximum absolute atomic E-state index is 12.4. The molecule has 1 aliphatic rings. The number of amides is 1. The van der Waals surface area contributed by atoms with Crippen LogP contribution in [-0.4, -0.2) is 29.4 Å². The highest BCUT2D eigenvalue weighted by Gasteiger charge is 2.36. The van der Waals surface area contributed by atoms with Gasteiger partial charge in [0, 0.05) is 12.1 Å². The van der Waals surface area contributed by atoms with E-state index in [-0.39, 0.29) is 11.4 Å². The van der Waals surface area contributed by atoms with Crippen LogP contribution in [0.5, 0.6) is 0 Å². The van der Waals surface area contributed by atoms with Gasteiger partial charge in [-0.05, 0) is 38.8 Å². The van der Waals surface area contributed by atoms with E-state index in [2.05, 4.69) is 25.7 Å². The van der Waals surface area contributed by atoms with Gasteiger partial charge in [-0.3, -0.25) is 4.79 Å². The van der Waals surface area contributed by atoms with E-state index in [1.165, 1.54) is 11.3 Å². The summed E-state index contributed by atoms with van der Waals surface area (Å²) < 4.78 is 0. The zero-order chi connectivity index (χ0) is 13.2. The lowest BCUT2D eigenvalue weighted by molar-refractivity contribution is 0.0657. The molecule has 2 N–H and O–H groups in total. The topological polar surface area (TPSA) is 46.3 Å². The van der Waals surface area contributed by atoms with Gasteiger partial charge in [-0.2, -0.15) is 0 Å². The van der Waals surface area contributed by atoms with Gasteiger partial charge in [-0.25, -0.2) is 0 Å². The zero-order valence-corrected chi connectivity index (χ0v) is 11.6. The van der Waals surface area contributed by atoms with E-state index in [9.17, 15) is 4.79 Å². The monoisotopic (exact) mass is 262 g/mol. The number of nitrogens with two attached hydrogens (primary N) is 1. The number of hydrogen-bond donors (Lipinski definition) is 1. The van der Waals surface area contributed by atoms with Gasteiger partial charge in [-0.15, -0.1) is 11.3 Å². The van der Waals surface area contributed by atoms with E-state index in [0.29, 0.717) is 6.54 Å². The first-order valence-electron chi connectivity index (χ1n) is 6.15. The summed E-state index contributed by atoms with van der Waals surface area (Å²) >= 11 is 1.45. The fraction of sp³-hybridized carbons (Fsp3) is 0.500. The Balaban J connectivity index is 2.17. The van der Waals surface area contributed by atoms with Crippen molar-refractivity contribution in [1.82, 2.24) is 4.90 Å². The van der Waals surface area contributed by atoms with Crippen molar-refractivity contribution >= 4 is 17.2 Å².